The molecule has 0 unspecified atom stereocenters. The molecule has 0 radical (unpaired) electrons. The third kappa shape index (κ3) is 3.53. The Morgan fingerprint density at radius 1 is 1.37 bits per heavy atom. The van der Waals surface area contributed by atoms with Crippen molar-refractivity contribution >= 4 is 5.91 Å². The largest absolute Gasteiger partial charge is 0.339 e. The highest BCUT2D eigenvalue weighted by Gasteiger charge is 2.22. The maximum atomic E-state index is 13.7. The molecule has 0 aliphatic carbocycles. The lowest BCUT2D eigenvalue weighted by atomic mass is 9.97. The monoisotopic (exact) mass is 264 g/mol. The van der Waals surface area contributed by atoms with Crippen molar-refractivity contribution in [2.45, 2.75) is 19.8 Å². The second kappa shape index (κ2) is 6.66. The Balaban J connectivity index is 2.04. The molecule has 0 bridgehead atoms. The van der Waals surface area contributed by atoms with Crippen molar-refractivity contribution in [2.24, 2.45) is 5.92 Å². The van der Waals surface area contributed by atoms with Crippen molar-refractivity contribution in [3.05, 3.63) is 35.6 Å². The van der Waals surface area contributed by atoms with Crippen LogP contribution in [-0.2, 0) is 0 Å². The van der Waals surface area contributed by atoms with E-state index in [0.29, 0.717) is 12.5 Å². The van der Waals surface area contributed by atoms with E-state index in [1.165, 1.54) is 6.07 Å². The van der Waals surface area contributed by atoms with Gasteiger partial charge in [-0.15, -0.1) is 0 Å². The molecule has 104 valence electrons. The van der Waals surface area contributed by atoms with Crippen molar-refractivity contribution in [1.82, 2.24) is 10.2 Å². The number of carbonyl (C=O) groups excluding carboxylic acids is 1. The minimum atomic E-state index is -0.434. The van der Waals surface area contributed by atoms with E-state index in [-0.39, 0.29) is 11.5 Å². The lowest BCUT2D eigenvalue weighted by Crippen LogP contribution is -2.39. The van der Waals surface area contributed by atoms with Gasteiger partial charge in [-0.1, -0.05) is 12.1 Å². The van der Waals surface area contributed by atoms with Gasteiger partial charge >= 0.3 is 0 Å². The first-order chi connectivity index (χ1) is 9.22. The first-order valence-corrected chi connectivity index (χ1v) is 6.97. The zero-order valence-electron chi connectivity index (χ0n) is 11.4. The fraction of sp³-hybridized carbons (Fsp3) is 0.533. The molecule has 0 aromatic heterocycles. The fourth-order valence-corrected chi connectivity index (χ4v) is 2.54. The van der Waals surface area contributed by atoms with Gasteiger partial charge < -0.3 is 10.2 Å². The molecular weight excluding hydrogens is 243 g/mol. The lowest BCUT2D eigenvalue weighted by Gasteiger charge is -2.29. The van der Waals surface area contributed by atoms with E-state index < -0.39 is 5.82 Å². The third-order valence-electron chi connectivity index (χ3n) is 3.71. The molecule has 1 aliphatic rings. The number of hydrogen-bond acceptors (Lipinski definition) is 2. The number of benzene rings is 1. The van der Waals surface area contributed by atoms with Crippen LogP contribution in [0.2, 0.25) is 0 Å². The number of nitrogens with zero attached hydrogens (tertiary/aromatic N) is 1. The average molecular weight is 264 g/mol. The fourth-order valence-electron chi connectivity index (χ4n) is 2.54. The van der Waals surface area contributed by atoms with Gasteiger partial charge in [-0.3, -0.25) is 4.79 Å². The number of hydrogen-bond donors (Lipinski definition) is 1. The first-order valence-electron chi connectivity index (χ1n) is 6.97. The molecule has 0 atom stereocenters. The molecule has 1 fully saturated rings. The zero-order valence-corrected chi connectivity index (χ0v) is 11.4. The van der Waals surface area contributed by atoms with Gasteiger partial charge in [0.25, 0.3) is 5.91 Å². The van der Waals surface area contributed by atoms with E-state index in [9.17, 15) is 9.18 Å². The van der Waals surface area contributed by atoms with Crippen LogP contribution >= 0.6 is 0 Å². The maximum absolute atomic E-state index is 13.7. The topological polar surface area (TPSA) is 32.3 Å². The van der Waals surface area contributed by atoms with Crippen LogP contribution in [0.25, 0.3) is 0 Å². The molecular formula is C15H21FN2O. The first kappa shape index (κ1) is 14.0. The third-order valence-corrected chi connectivity index (χ3v) is 3.71. The molecule has 1 aromatic rings. The summed E-state index contributed by atoms with van der Waals surface area (Å²) in [7, 11) is 0. The summed E-state index contributed by atoms with van der Waals surface area (Å²) in [4.78, 5) is 14.1. The molecule has 3 nitrogen and oxygen atoms in total. The molecule has 1 saturated heterocycles. The molecule has 0 saturated carbocycles. The van der Waals surface area contributed by atoms with E-state index in [4.69, 9.17) is 0 Å². The van der Waals surface area contributed by atoms with Crippen LogP contribution in [0.4, 0.5) is 4.39 Å². The summed E-state index contributed by atoms with van der Waals surface area (Å²) in [5.74, 6) is -0.104. The summed E-state index contributed by atoms with van der Waals surface area (Å²) in [6.45, 7) is 5.31. The molecule has 2 rings (SSSR count). The van der Waals surface area contributed by atoms with Gasteiger partial charge in [0.2, 0.25) is 0 Å². The van der Waals surface area contributed by atoms with E-state index >= 15 is 0 Å². The predicted molar refractivity (Wildman–Crippen MR) is 73.6 cm³/mol. The van der Waals surface area contributed by atoms with Crippen molar-refractivity contribution < 1.29 is 9.18 Å². The van der Waals surface area contributed by atoms with E-state index in [2.05, 4.69) is 5.32 Å². The zero-order chi connectivity index (χ0) is 13.7. The normalized spacial score (nSPS) is 16.3. The molecule has 0 spiro atoms. The van der Waals surface area contributed by atoms with E-state index in [1.807, 2.05) is 6.92 Å². The Kier molecular flexibility index (Phi) is 4.91. The molecule has 1 heterocycles. The van der Waals surface area contributed by atoms with Gasteiger partial charge in [0.15, 0.2) is 0 Å². The highest BCUT2D eigenvalue weighted by molar-refractivity contribution is 5.94. The van der Waals surface area contributed by atoms with Crippen molar-refractivity contribution in [3.63, 3.8) is 0 Å². The van der Waals surface area contributed by atoms with Crippen LogP contribution in [0.5, 0.6) is 0 Å². The Morgan fingerprint density at radius 2 is 2.05 bits per heavy atom. The van der Waals surface area contributed by atoms with Gasteiger partial charge in [-0.2, -0.15) is 0 Å². The van der Waals surface area contributed by atoms with E-state index in [0.717, 1.165) is 32.5 Å². The van der Waals surface area contributed by atoms with Crippen LogP contribution in [-0.4, -0.2) is 37.0 Å². The standard InChI is InChI=1S/C15H21FN2O/c1-2-18(11-12-7-9-17-10-8-12)15(19)13-5-3-4-6-14(13)16/h3-6,12,17H,2,7-11H2,1H3. The number of piperidine rings is 1. The Bertz CT molecular complexity index is 430. The second-order valence-electron chi connectivity index (χ2n) is 5.02. The van der Waals surface area contributed by atoms with Crippen LogP contribution in [0, 0.1) is 11.7 Å². The summed E-state index contributed by atoms with van der Waals surface area (Å²) in [5.41, 5.74) is 0.179. The Labute approximate surface area is 113 Å². The van der Waals surface area contributed by atoms with Gasteiger partial charge in [0.05, 0.1) is 5.56 Å². The average Bonchev–Trinajstić information content (AvgIpc) is 2.46. The number of amides is 1. The second-order valence-corrected chi connectivity index (χ2v) is 5.02. The predicted octanol–water partition coefficient (Wildman–Crippen LogP) is 2.29. The molecule has 1 aromatic carbocycles. The van der Waals surface area contributed by atoms with Crippen molar-refractivity contribution in [3.8, 4) is 0 Å². The summed E-state index contributed by atoms with van der Waals surface area (Å²) < 4.78 is 13.7. The molecule has 1 aliphatic heterocycles. The number of halogens is 1. The maximum Gasteiger partial charge on any atom is 0.256 e. The molecule has 19 heavy (non-hydrogen) atoms. The number of rotatable bonds is 4. The molecule has 1 amide bonds. The summed E-state index contributed by atoms with van der Waals surface area (Å²) in [6.07, 6.45) is 2.17. The SMILES string of the molecule is CCN(CC1CCNCC1)C(=O)c1ccccc1F. The van der Waals surface area contributed by atoms with Crippen LogP contribution in [0.3, 0.4) is 0 Å². The lowest BCUT2D eigenvalue weighted by molar-refractivity contribution is 0.0722. The minimum absolute atomic E-state index is 0.179. The van der Waals surface area contributed by atoms with Gasteiger partial charge in [-0.25, -0.2) is 4.39 Å². The van der Waals surface area contributed by atoms with Crippen molar-refractivity contribution in [1.29, 1.82) is 0 Å². The van der Waals surface area contributed by atoms with E-state index in [1.54, 1.807) is 23.1 Å². The van der Waals surface area contributed by atoms with Gasteiger partial charge in [-0.05, 0) is 50.9 Å². The van der Waals surface area contributed by atoms with Gasteiger partial charge in [0, 0.05) is 13.1 Å². The summed E-state index contributed by atoms with van der Waals surface area (Å²) >= 11 is 0. The van der Waals surface area contributed by atoms with Crippen molar-refractivity contribution in [2.75, 3.05) is 26.2 Å². The summed E-state index contributed by atoms with van der Waals surface area (Å²) in [5, 5.41) is 3.31. The van der Waals surface area contributed by atoms with Gasteiger partial charge in [0.1, 0.15) is 5.82 Å². The smallest absolute Gasteiger partial charge is 0.256 e. The highest BCUT2D eigenvalue weighted by Crippen LogP contribution is 2.16. The Hall–Kier alpha value is -1.42. The van der Waals surface area contributed by atoms with Crippen LogP contribution < -0.4 is 5.32 Å². The van der Waals surface area contributed by atoms with Crippen LogP contribution in [0.15, 0.2) is 24.3 Å². The van der Waals surface area contributed by atoms with Crippen LogP contribution in [0.1, 0.15) is 30.1 Å². The highest BCUT2D eigenvalue weighted by atomic mass is 19.1. The molecule has 1 N–H and O–H groups in total. The summed E-state index contributed by atoms with van der Waals surface area (Å²) in [6, 6.07) is 6.21. The minimum Gasteiger partial charge on any atom is -0.339 e. The number of carbonyl (C=O) groups is 1. The molecule has 4 heteroatoms. The quantitative estimate of drug-likeness (QED) is 0.905. The number of nitrogens with one attached hydrogen (secondary N) is 1. The Morgan fingerprint density at radius 3 is 2.68 bits per heavy atom.